The Morgan fingerprint density at radius 2 is 1.68 bits per heavy atom. The van der Waals surface area contributed by atoms with Gasteiger partial charge in [-0.1, -0.05) is 32.9 Å². The van der Waals surface area contributed by atoms with Gasteiger partial charge in [-0.05, 0) is 55.0 Å². The fourth-order valence-electron chi connectivity index (χ4n) is 2.34. The van der Waals surface area contributed by atoms with Gasteiger partial charge in [-0.3, -0.25) is 4.90 Å². The van der Waals surface area contributed by atoms with E-state index in [1.807, 2.05) is 7.05 Å². The lowest BCUT2D eigenvalue weighted by molar-refractivity contribution is -0.108. The smallest absolute Gasteiger partial charge is 0.133 e. The van der Waals surface area contributed by atoms with Gasteiger partial charge in [0.2, 0.25) is 0 Å². The molecule has 19 heavy (non-hydrogen) atoms. The van der Waals surface area contributed by atoms with Crippen molar-refractivity contribution in [3.05, 3.63) is 34.4 Å². The fourth-order valence-corrected chi connectivity index (χ4v) is 2.34. The molecule has 2 nitrogen and oxygen atoms in total. The molecule has 2 heteroatoms. The van der Waals surface area contributed by atoms with Crippen LogP contribution in [0.3, 0.4) is 0 Å². The summed E-state index contributed by atoms with van der Waals surface area (Å²) in [4.78, 5) is 12.5. The van der Waals surface area contributed by atoms with E-state index in [0.717, 1.165) is 19.3 Å². The third-order valence-electron chi connectivity index (χ3n) is 3.69. The number of aldehydes is 1. The van der Waals surface area contributed by atoms with Crippen LogP contribution < -0.4 is 0 Å². The van der Waals surface area contributed by atoms with Gasteiger partial charge in [0.05, 0.1) is 6.54 Å². The summed E-state index contributed by atoms with van der Waals surface area (Å²) in [5.74, 6) is 0. The van der Waals surface area contributed by atoms with E-state index in [4.69, 9.17) is 0 Å². The second kappa shape index (κ2) is 6.33. The van der Waals surface area contributed by atoms with Crippen LogP contribution in [-0.2, 0) is 16.6 Å². The molecule has 0 amide bonds. The molecular weight excluding hydrogens is 234 g/mol. The molecular formula is C17H27NO. The van der Waals surface area contributed by atoms with Gasteiger partial charge >= 0.3 is 0 Å². The number of carbonyl (C=O) groups is 1. The number of hydrogen-bond acceptors (Lipinski definition) is 2. The van der Waals surface area contributed by atoms with E-state index < -0.39 is 0 Å². The molecule has 0 unspecified atom stereocenters. The second-order valence-corrected chi connectivity index (χ2v) is 6.52. The summed E-state index contributed by atoms with van der Waals surface area (Å²) in [7, 11) is 1.99. The van der Waals surface area contributed by atoms with Gasteiger partial charge in [-0.25, -0.2) is 0 Å². The zero-order valence-electron chi connectivity index (χ0n) is 13.2. The van der Waals surface area contributed by atoms with Crippen molar-refractivity contribution in [1.29, 1.82) is 0 Å². The lowest BCUT2D eigenvalue weighted by atomic mass is 9.83. The Bertz CT molecular complexity index is 420. The highest BCUT2D eigenvalue weighted by Crippen LogP contribution is 2.27. The van der Waals surface area contributed by atoms with E-state index in [1.165, 1.54) is 22.3 Å². The largest absolute Gasteiger partial charge is 0.302 e. The predicted molar refractivity (Wildman–Crippen MR) is 81.9 cm³/mol. The van der Waals surface area contributed by atoms with Gasteiger partial charge in [0.15, 0.2) is 0 Å². The summed E-state index contributed by atoms with van der Waals surface area (Å²) >= 11 is 0. The first-order valence-corrected chi connectivity index (χ1v) is 6.98. The van der Waals surface area contributed by atoms with Crippen molar-refractivity contribution in [2.75, 3.05) is 20.1 Å². The van der Waals surface area contributed by atoms with Crippen molar-refractivity contribution in [3.8, 4) is 0 Å². The SMILES string of the molecule is Cc1cc(C(C)(C)C)cc(C)c1CCN(C)CC=O. The van der Waals surface area contributed by atoms with Crippen molar-refractivity contribution in [3.63, 3.8) is 0 Å². The maximum atomic E-state index is 10.5. The number of aryl methyl sites for hydroxylation is 2. The Morgan fingerprint density at radius 1 is 1.16 bits per heavy atom. The zero-order valence-corrected chi connectivity index (χ0v) is 13.2. The molecule has 1 aromatic carbocycles. The predicted octanol–water partition coefficient (Wildman–Crippen LogP) is 3.27. The van der Waals surface area contributed by atoms with Gasteiger partial charge in [-0.2, -0.15) is 0 Å². The van der Waals surface area contributed by atoms with Crippen LogP contribution >= 0.6 is 0 Å². The van der Waals surface area contributed by atoms with Crippen molar-refractivity contribution < 1.29 is 4.79 Å². The minimum atomic E-state index is 0.197. The average molecular weight is 261 g/mol. The molecule has 0 aromatic heterocycles. The van der Waals surface area contributed by atoms with Gasteiger partial charge in [-0.15, -0.1) is 0 Å². The number of rotatable bonds is 5. The highest BCUT2D eigenvalue weighted by atomic mass is 16.1. The first-order valence-electron chi connectivity index (χ1n) is 6.98. The fraction of sp³-hybridized carbons (Fsp3) is 0.588. The summed E-state index contributed by atoms with van der Waals surface area (Å²) < 4.78 is 0. The summed E-state index contributed by atoms with van der Waals surface area (Å²) in [5.41, 5.74) is 5.75. The molecule has 0 N–H and O–H groups in total. The second-order valence-electron chi connectivity index (χ2n) is 6.52. The highest BCUT2D eigenvalue weighted by molar-refractivity contribution is 5.51. The minimum Gasteiger partial charge on any atom is -0.302 e. The van der Waals surface area contributed by atoms with Gasteiger partial charge in [0, 0.05) is 6.54 Å². The average Bonchev–Trinajstić information content (AvgIpc) is 2.26. The quantitative estimate of drug-likeness (QED) is 0.758. The van der Waals surface area contributed by atoms with Crippen LogP contribution in [-0.4, -0.2) is 31.3 Å². The van der Waals surface area contributed by atoms with E-state index in [-0.39, 0.29) is 5.41 Å². The van der Waals surface area contributed by atoms with Crippen LogP contribution in [0.2, 0.25) is 0 Å². The van der Waals surface area contributed by atoms with Crippen LogP contribution in [0.1, 0.15) is 43.0 Å². The molecule has 0 aliphatic heterocycles. The van der Waals surface area contributed by atoms with Crippen molar-refractivity contribution in [2.45, 2.75) is 46.5 Å². The molecule has 0 heterocycles. The Balaban J connectivity index is 2.89. The Kier molecular flexibility index (Phi) is 5.30. The standard InChI is InChI=1S/C17H27NO/c1-13-11-15(17(3,4)5)12-14(2)16(13)7-8-18(6)9-10-19/h10-12H,7-9H2,1-6H3. The maximum Gasteiger partial charge on any atom is 0.133 e. The topological polar surface area (TPSA) is 20.3 Å². The third-order valence-corrected chi connectivity index (χ3v) is 3.69. The number of nitrogens with zero attached hydrogens (tertiary/aromatic N) is 1. The number of carbonyl (C=O) groups excluding carboxylic acids is 1. The zero-order chi connectivity index (χ0) is 14.6. The Morgan fingerprint density at radius 3 is 2.11 bits per heavy atom. The normalized spacial score (nSPS) is 11.9. The monoisotopic (exact) mass is 261 g/mol. The third kappa shape index (κ3) is 4.46. The summed E-state index contributed by atoms with van der Waals surface area (Å²) in [6.45, 7) is 12.6. The van der Waals surface area contributed by atoms with E-state index >= 15 is 0 Å². The maximum absolute atomic E-state index is 10.5. The number of likely N-dealkylation sites (N-methyl/N-ethyl adjacent to an activating group) is 1. The summed E-state index contributed by atoms with van der Waals surface area (Å²) in [6, 6.07) is 4.62. The first kappa shape index (κ1) is 15.9. The van der Waals surface area contributed by atoms with E-state index in [2.05, 4.69) is 51.7 Å². The van der Waals surface area contributed by atoms with Gasteiger partial charge in [0.25, 0.3) is 0 Å². The van der Waals surface area contributed by atoms with E-state index in [0.29, 0.717) is 6.54 Å². The minimum absolute atomic E-state index is 0.197. The van der Waals surface area contributed by atoms with Gasteiger partial charge < -0.3 is 4.79 Å². The lowest BCUT2D eigenvalue weighted by Gasteiger charge is -2.23. The molecule has 0 spiro atoms. The Hall–Kier alpha value is -1.15. The molecule has 1 aromatic rings. The van der Waals surface area contributed by atoms with Gasteiger partial charge in [0.1, 0.15) is 6.29 Å². The van der Waals surface area contributed by atoms with Crippen LogP contribution in [0.4, 0.5) is 0 Å². The van der Waals surface area contributed by atoms with Crippen molar-refractivity contribution in [1.82, 2.24) is 4.90 Å². The number of benzene rings is 1. The van der Waals surface area contributed by atoms with E-state index in [9.17, 15) is 4.79 Å². The molecule has 0 saturated carbocycles. The van der Waals surface area contributed by atoms with Crippen LogP contribution in [0, 0.1) is 13.8 Å². The molecule has 0 saturated heterocycles. The lowest BCUT2D eigenvalue weighted by Crippen LogP contribution is -2.23. The molecule has 1 rings (SSSR count). The van der Waals surface area contributed by atoms with Crippen LogP contribution in [0.5, 0.6) is 0 Å². The highest BCUT2D eigenvalue weighted by Gasteiger charge is 2.16. The van der Waals surface area contributed by atoms with E-state index in [1.54, 1.807) is 0 Å². The van der Waals surface area contributed by atoms with Crippen molar-refractivity contribution in [2.24, 2.45) is 0 Å². The molecule has 0 atom stereocenters. The van der Waals surface area contributed by atoms with Crippen molar-refractivity contribution >= 4 is 6.29 Å². The molecule has 0 radical (unpaired) electrons. The molecule has 106 valence electrons. The molecule has 0 aliphatic rings. The molecule has 0 fully saturated rings. The summed E-state index contributed by atoms with van der Waals surface area (Å²) in [6.07, 6.45) is 1.97. The molecule has 0 aliphatic carbocycles. The van der Waals surface area contributed by atoms with Crippen LogP contribution in [0.25, 0.3) is 0 Å². The van der Waals surface area contributed by atoms with Crippen LogP contribution in [0.15, 0.2) is 12.1 Å². The first-order chi connectivity index (χ1) is 8.75. The Labute approximate surface area is 117 Å². The summed E-state index contributed by atoms with van der Waals surface area (Å²) in [5, 5.41) is 0. The number of hydrogen-bond donors (Lipinski definition) is 0. The molecule has 0 bridgehead atoms.